The van der Waals surface area contributed by atoms with Crippen molar-refractivity contribution >= 4 is 50.8 Å². The van der Waals surface area contributed by atoms with Crippen molar-refractivity contribution < 1.29 is 27.5 Å². The van der Waals surface area contributed by atoms with Crippen LogP contribution < -0.4 is 10.2 Å². The number of amides is 2. The zero-order valence-corrected chi connectivity index (χ0v) is 21.5. The Bertz CT molecular complexity index is 1260. The molecule has 2 aliphatic rings. The Morgan fingerprint density at radius 2 is 1.78 bits per heavy atom. The highest BCUT2D eigenvalue weighted by atomic mass is 35.5. The first-order valence-electron chi connectivity index (χ1n) is 11.8. The zero-order chi connectivity index (χ0) is 25.9. The molecule has 1 N–H and O–H groups in total. The first kappa shape index (κ1) is 26.1. The van der Waals surface area contributed by atoms with Gasteiger partial charge in [0.05, 0.1) is 21.5 Å². The SMILES string of the molecule is Cc1ccc(N2C[C@H](C(=O)OCC(=O)Nc3cc(S(=O)(=O)N4CCCCC4)ccc3Cl)CC2=O)cc1. The quantitative estimate of drug-likeness (QED) is 0.546. The van der Waals surface area contributed by atoms with Crippen molar-refractivity contribution in [1.29, 1.82) is 0 Å². The summed E-state index contributed by atoms with van der Waals surface area (Å²) in [5.74, 6) is -2.20. The van der Waals surface area contributed by atoms with Gasteiger partial charge in [-0.2, -0.15) is 4.31 Å². The van der Waals surface area contributed by atoms with Crippen molar-refractivity contribution in [3.8, 4) is 0 Å². The molecular weight excluding hydrogens is 506 g/mol. The van der Waals surface area contributed by atoms with Crippen LogP contribution in [0.3, 0.4) is 0 Å². The molecule has 0 bridgehead atoms. The van der Waals surface area contributed by atoms with Crippen LogP contribution in [0, 0.1) is 12.8 Å². The molecule has 36 heavy (non-hydrogen) atoms. The van der Waals surface area contributed by atoms with Crippen molar-refractivity contribution in [3.05, 3.63) is 53.1 Å². The number of hydrogen-bond acceptors (Lipinski definition) is 6. The van der Waals surface area contributed by atoms with Gasteiger partial charge in [-0.05, 0) is 50.1 Å². The molecule has 9 nitrogen and oxygen atoms in total. The summed E-state index contributed by atoms with van der Waals surface area (Å²) in [5, 5.41) is 2.67. The molecule has 0 aliphatic carbocycles. The van der Waals surface area contributed by atoms with Gasteiger partial charge in [-0.1, -0.05) is 35.7 Å². The number of rotatable bonds is 7. The van der Waals surface area contributed by atoms with E-state index in [2.05, 4.69) is 5.32 Å². The predicted octanol–water partition coefficient (Wildman–Crippen LogP) is 3.36. The summed E-state index contributed by atoms with van der Waals surface area (Å²) < 4.78 is 32.5. The number of hydrogen-bond donors (Lipinski definition) is 1. The van der Waals surface area contributed by atoms with Crippen molar-refractivity contribution in [2.24, 2.45) is 5.92 Å². The molecule has 1 atom stereocenters. The molecule has 192 valence electrons. The summed E-state index contributed by atoms with van der Waals surface area (Å²) in [6, 6.07) is 11.5. The number of nitrogens with zero attached hydrogens (tertiary/aromatic N) is 2. The molecule has 2 amide bonds. The third-order valence-corrected chi connectivity index (χ3v) is 8.54. The van der Waals surface area contributed by atoms with Gasteiger partial charge in [0.2, 0.25) is 15.9 Å². The number of sulfonamides is 1. The van der Waals surface area contributed by atoms with Crippen LogP contribution in [-0.2, 0) is 29.1 Å². The number of carbonyl (C=O) groups is 3. The molecule has 0 radical (unpaired) electrons. The van der Waals surface area contributed by atoms with E-state index in [1.54, 1.807) is 0 Å². The van der Waals surface area contributed by atoms with E-state index in [1.165, 1.54) is 27.4 Å². The van der Waals surface area contributed by atoms with E-state index in [9.17, 15) is 22.8 Å². The summed E-state index contributed by atoms with van der Waals surface area (Å²) in [7, 11) is -3.71. The van der Waals surface area contributed by atoms with Gasteiger partial charge in [-0.15, -0.1) is 0 Å². The zero-order valence-electron chi connectivity index (χ0n) is 19.9. The third kappa shape index (κ3) is 5.88. The second-order valence-corrected chi connectivity index (χ2v) is 11.3. The van der Waals surface area contributed by atoms with E-state index in [0.29, 0.717) is 18.8 Å². The number of nitrogens with one attached hydrogen (secondary N) is 1. The van der Waals surface area contributed by atoms with E-state index in [-0.39, 0.29) is 34.5 Å². The van der Waals surface area contributed by atoms with Gasteiger partial charge in [0.15, 0.2) is 6.61 Å². The van der Waals surface area contributed by atoms with Crippen LogP contribution in [0.25, 0.3) is 0 Å². The van der Waals surface area contributed by atoms with Gasteiger partial charge in [0.1, 0.15) is 0 Å². The third-order valence-electron chi connectivity index (χ3n) is 6.31. The van der Waals surface area contributed by atoms with Gasteiger partial charge in [-0.3, -0.25) is 14.4 Å². The van der Waals surface area contributed by atoms with Crippen molar-refractivity contribution in [2.45, 2.75) is 37.5 Å². The van der Waals surface area contributed by atoms with Crippen LogP contribution in [0.2, 0.25) is 5.02 Å². The highest BCUT2D eigenvalue weighted by Crippen LogP contribution is 2.29. The smallest absolute Gasteiger partial charge is 0.311 e. The van der Waals surface area contributed by atoms with E-state index >= 15 is 0 Å². The number of ether oxygens (including phenoxy) is 1. The maximum atomic E-state index is 12.9. The summed E-state index contributed by atoms with van der Waals surface area (Å²) >= 11 is 6.17. The molecule has 2 saturated heterocycles. The second kappa shape index (κ2) is 11.0. The van der Waals surface area contributed by atoms with E-state index in [1.807, 2.05) is 31.2 Å². The summed E-state index contributed by atoms with van der Waals surface area (Å²) in [6.07, 6.45) is 2.59. The second-order valence-electron chi connectivity index (χ2n) is 9.00. The number of piperidine rings is 1. The topological polar surface area (TPSA) is 113 Å². The first-order valence-corrected chi connectivity index (χ1v) is 13.6. The lowest BCUT2D eigenvalue weighted by atomic mass is 10.1. The summed E-state index contributed by atoms with van der Waals surface area (Å²) in [6.45, 7) is 2.43. The van der Waals surface area contributed by atoms with E-state index in [4.69, 9.17) is 16.3 Å². The van der Waals surface area contributed by atoms with Crippen LogP contribution in [0.15, 0.2) is 47.4 Å². The lowest BCUT2D eigenvalue weighted by Crippen LogP contribution is -2.35. The minimum atomic E-state index is -3.71. The Labute approximate surface area is 215 Å². The Morgan fingerprint density at radius 3 is 2.47 bits per heavy atom. The predicted molar refractivity (Wildman–Crippen MR) is 135 cm³/mol. The van der Waals surface area contributed by atoms with Gasteiger partial charge in [0.25, 0.3) is 5.91 Å². The van der Waals surface area contributed by atoms with Gasteiger partial charge in [-0.25, -0.2) is 8.42 Å². The average molecular weight is 534 g/mol. The Kier molecular flexibility index (Phi) is 7.97. The highest BCUT2D eigenvalue weighted by Gasteiger charge is 2.36. The lowest BCUT2D eigenvalue weighted by Gasteiger charge is -2.26. The van der Waals surface area contributed by atoms with E-state index < -0.39 is 34.4 Å². The Balaban J connectivity index is 1.34. The van der Waals surface area contributed by atoms with Gasteiger partial charge < -0.3 is 15.0 Å². The van der Waals surface area contributed by atoms with Gasteiger partial charge >= 0.3 is 5.97 Å². The van der Waals surface area contributed by atoms with Crippen molar-refractivity contribution in [1.82, 2.24) is 4.31 Å². The molecule has 0 aromatic heterocycles. The number of carbonyl (C=O) groups excluding carboxylic acids is 3. The highest BCUT2D eigenvalue weighted by molar-refractivity contribution is 7.89. The van der Waals surface area contributed by atoms with Gasteiger partial charge in [0, 0.05) is 31.7 Å². The fourth-order valence-electron chi connectivity index (χ4n) is 4.30. The van der Waals surface area contributed by atoms with Crippen LogP contribution in [0.4, 0.5) is 11.4 Å². The number of benzene rings is 2. The summed E-state index contributed by atoms with van der Waals surface area (Å²) in [4.78, 5) is 38.9. The molecular formula is C25H28ClN3O6S. The molecule has 2 aliphatic heterocycles. The number of aryl methyl sites for hydroxylation is 1. The molecule has 2 fully saturated rings. The molecule has 2 heterocycles. The monoisotopic (exact) mass is 533 g/mol. The minimum Gasteiger partial charge on any atom is -0.455 e. The molecule has 4 rings (SSSR count). The van der Waals surface area contributed by atoms with Crippen molar-refractivity contribution in [2.75, 3.05) is 36.5 Å². The maximum absolute atomic E-state index is 12.9. The molecule has 0 unspecified atom stereocenters. The molecule has 0 spiro atoms. The van der Waals surface area contributed by atoms with Crippen LogP contribution >= 0.6 is 11.6 Å². The molecule has 2 aromatic rings. The number of halogens is 1. The Morgan fingerprint density at radius 1 is 1.08 bits per heavy atom. The number of anilines is 2. The fourth-order valence-corrected chi connectivity index (χ4v) is 6.00. The van der Waals surface area contributed by atoms with Crippen LogP contribution in [0.1, 0.15) is 31.2 Å². The average Bonchev–Trinajstić information content (AvgIpc) is 3.26. The minimum absolute atomic E-state index is 0.00341. The molecule has 0 saturated carbocycles. The fraction of sp³-hybridized carbons (Fsp3) is 0.400. The Hall–Kier alpha value is -2.95. The van der Waals surface area contributed by atoms with E-state index in [0.717, 1.165) is 24.8 Å². The maximum Gasteiger partial charge on any atom is 0.311 e. The normalized spacial score (nSPS) is 18.8. The molecule has 2 aromatic carbocycles. The lowest BCUT2D eigenvalue weighted by molar-refractivity contribution is -0.151. The largest absolute Gasteiger partial charge is 0.455 e. The van der Waals surface area contributed by atoms with Crippen molar-refractivity contribution in [3.63, 3.8) is 0 Å². The van der Waals surface area contributed by atoms with Crippen LogP contribution in [0.5, 0.6) is 0 Å². The first-order chi connectivity index (χ1) is 17.1. The van der Waals surface area contributed by atoms with Crippen LogP contribution in [-0.4, -0.2) is 56.7 Å². The molecule has 11 heteroatoms. The standard InChI is InChI=1S/C25H28ClN3O6S/c1-17-5-7-19(8-6-17)29-15-18(13-24(29)31)25(32)35-16-23(30)27-22-14-20(9-10-21(22)26)36(33,34)28-11-3-2-4-12-28/h5-10,14,18H,2-4,11-13,15-16H2,1H3,(H,27,30)/t18-/m1/s1. The number of esters is 1. The summed E-state index contributed by atoms with van der Waals surface area (Å²) in [5.41, 5.74) is 1.87.